The summed E-state index contributed by atoms with van der Waals surface area (Å²) in [5, 5.41) is 0. The highest BCUT2D eigenvalue weighted by atomic mass is 19.3. The minimum atomic E-state index is -2.22. The second-order valence-corrected chi connectivity index (χ2v) is 4.41. The summed E-state index contributed by atoms with van der Waals surface area (Å²) in [6.07, 6.45) is 1.81. The van der Waals surface area contributed by atoms with E-state index in [9.17, 15) is 8.78 Å². The number of nitrogens with two attached hydrogens (primary N) is 1. The summed E-state index contributed by atoms with van der Waals surface area (Å²) in [6, 6.07) is 0.374. The number of rotatable bonds is 2. The van der Waals surface area contributed by atoms with Crippen LogP contribution in [-0.4, -0.2) is 36.0 Å². The third-order valence-electron chi connectivity index (χ3n) is 3.36. The van der Waals surface area contributed by atoms with Crippen molar-refractivity contribution in [1.82, 2.24) is 4.90 Å². The molecule has 1 aliphatic carbocycles. The predicted octanol–water partition coefficient (Wildman–Crippen LogP) is 1.21. The minimum absolute atomic E-state index is 0.0936. The molecule has 0 amide bonds. The zero-order valence-electron chi connectivity index (χ0n) is 7.68. The van der Waals surface area contributed by atoms with Crippen LogP contribution in [0.25, 0.3) is 0 Å². The van der Waals surface area contributed by atoms with Gasteiger partial charge >= 0.3 is 0 Å². The molecule has 1 saturated carbocycles. The van der Waals surface area contributed by atoms with E-state index in [1.165, 1.54) is 0 Å². The fourth-order valence-electron chi connectivity index (χ4n) is 2.63. The van der Waals surface area contributed by atoms with Crippen molar-refractivity contribution in [2.24, 2.45) is 5.73 Å². The normalized spacial score (nSPS) is 40.2. The van der Waals surface area contributed by atoms with Gasteiger partial charge in [0.15, 0.2) is 0 Å². The first-order chi connectivity index (χ1) is 6.09. The van der Waals surface area contributed by atoms with Gasteiger partial charge in [-0.2, -0.15) is 0 Å². The maximum atomic E-state index is 12.2. The molecule has 2 aliphatic heterocycles. The number of fused-ring (bicyclic) bond motifs is 3. The van der Waals surface area contributed by atoms with E-state index in [-0.39, 0.29) is 12.1 Å². The molecule has 2 saturated heterocycles. The summed E-state index contributed by atoms with van der Waals surface area (Å²) in [5.74, 6) is 0. The Bertz CT molecular complexity index is 188. The Hall–Kier alpha value is -0.220. The average molecular weight is 190 g/mol. The molecule has 2 bridgehead atoms. The highest BCUT2D eigenvalue weighted by Crippen LogP contribution is 2.36. The lowest BCUT2D eigenvalue weighted by Gasteiger charge is -2.51. The summed E-state index contributed by atoms with van der Waals surface area (Å²) in [7, 11) is 0. The molecule has 0 spiro atoms. The Morgan fingerprint density at radius 2 is 2.00 bits per heavy atom. The molecule has 4 heteroatoms. The quantitative estimate of drug-likeness (QED) is 0.709. The second kappa shape index (κ2) is 3.17. The Balaban J connectivity index is 1.99. The standard InChI is InChI=1S/C9H16F2N2/c10-8(11)5-13-6-9(12)3-1-7(13)2-4-9/h7-8H,1-6,12H2. The lowest BCUT2D eigenvalue weighted by atomic mass is 9.74. The van der Waals surface area contributed by atoms with Gasteiger partial charge in [0.25, 0.3) is 6.43 Å². The average Bonchev–Trinajstić information content (AvgIpc) is 2.02. The first-order valence-electron chi connectivity index (χ1n) is 4.90. The molecule has 3 fully saturated rings. The zero-order valence-corrected chi connectivity index (χ0v) is 7.68. The largest absolute Gasteiger partial charge is 0.324 e. The molecule has 3 rings (SSSR count). The number of hydrogen-bond donors (Lipinski definition) is 1. The van der Waals surface area contributed by atoms with E-state index in [4.69, 9.17) is 5.73 Å². The van der Waals surface area contributed by atoms with Gasteiger partial charge in [-0.3, -0.25) is 4.90 Å². The van der Waals surface area contributed by atoms with Crippen molar-refractivity contribution in [1.29, 1.82) is 0 Å². The van der Waals surface area contributed by atoms with E-state index < -0.39 is 6.43 Å². The number of piperidine rings is 2. The Morgan fingerprint density at radius 3 is 2.46 bits per heavy atom. The molecule has 2 nitrogen and oxygen atoms in total. The van der Waals surface area contributed by atoms with Gasteiger partial charge in [-0.05, 0) is 25.7 Å². The van der Waals surface area contributed by atoms with Crippen LogP contribution in [0.2, 0.25) is 0 Å². The summed E-state index contributed by atoms with van der Waals surface area (Å²) in [6.45, 7) is 0.575. The molecule has 0 radical (unpaired) electrons. The minimum Gasteiger partial charge on any atom is -0.324 e. The van der Waals surface area contributed by atoms with E-state index in [1.54, 1.807) is 0 Å². The van der Waals surface area contributed by atoms with Crippen LogP contribution in [0.4, 0.5) is 8.78 Å². The summed E-state index contributed by atoms with van der Waals surface area (Å²) in [5.41, 5.74) is 5.91. The molecule has 2 heterocycles. The van der Waals surface area contributed by atoms with Gasteiger partial charge in [0, 0.05) is 18.1 Å². The van der Waals surface area contributed by atoms with Gasteiger partial charge in [-0.1, -0.05) is 0 Å². The molecule has 2 N–H and O–H groups in total. The van der Waals surface area contributed by atoms with Crippen molar-refractivity contribution in [3.8, 4) is 0 Å². The number of halogens is 2. The lowest BCUT2D eigenvalue weighted by Crippen LogP contribution is -2.62. The van der Waals surface area contributed by atoms with E-state index in [0.29, 0.717) is 12.6 Å². The van der Waals surface area contributed by atoms with Gasteiger partial charge in [0.05, 0.1) is 6.54 Å². The third kappa shape index (κ3) is 1.83. The molecule has 3 aliphatic rings. The van der Waals surface area contributed by atoms with E-state index in [0.717, 1.165) is 25.7 Å². The van der Waals surface area contributed by atoms with Crippen molar-refractivity contribution in [2.45, 2.75) is 43.7 Å². The monoisotopic (exact) mass is 190 g/mol. The maximum Gasteiger partial charge on any atom is 0.251 e. The summed E-state index contributed by atoms with van der Waals surface area (Å²) < 4.78 is 24.4. The zero-order chi connectivity index (χ0) is 9.47. The second-order valence-electron chi connectivity index (χ2n) is 4.41. The van der Waals surface area contributed by atoms with Crippen LogP contribution in [0.3, 0.4) is 0 Å². The predicted molar refractivity (Wildman–Crippen MR) is 46.8 cm³/mol. The van der Waals surface area contributed by atoms with Crippen molar-refractivity contribution < 1.29 is 8.78 Å². The Morgan fingerprint density at radius 1 is 1.38 bits per heavy atom. The molecule has 0 aromatic carbocycles. The fourth-order valence-corrected chi connectivity index (χ4v) is 2.63. The highest BCUT2D eigenvalue weighted by molar-refractivity contribution is 5.01. The van der Waals surface area contributed by atoms with Crippen LogP contribution < -0.4 is 5.73 Å². The molecule has 0 aromatic heterocycles. The van der Waals surface area contributed by atoms with E-state index >= 15 is 0 Å². The van der Waals surface area contributed by atoms with Crippen LogP contribution in [-0.2, 0) is 0 Å². The summed E-state index contributed by atoms with van der Waals surface area (Å²) in [4.78, 5) is 1.87. The van der Waals surface area contributed by atoms with Crippen LogP contribution in [0.1, 0.15) is 25.7 Å². The van der Waals surface area contributed by atoms with Crippen molar-refractivity contribution in [2.75, 3.05) is 13.1 Å². The topological polar surface area (TPSA) is 29.3 Å². The first kappa shape index (κ1) is 9.34. The maximum absolute atomic E-state index is 12.2. The van der Waals surface area contributed by atoms with Crippen LogP contribution in [0, 0.1) is 0 Å². The van der Waals surface area contributed by atoms with Crippen molar-refractivity contribution in [3.05, 3.63) is 0 Å². The Kier molecular flexibility index (Phi) is 2.28. The summed E-state index contributed by atoms with van der Waals surface area (Å²) >= 11 is 0. The SMILES string of the molecule is NC12CCC(CC1)N(CC(F)F)C2. The van der Waals surface area contributed by atoms with Gasteiger partial charge in [-0.25, -0.2) is 8.78 Å². The van der Waals surface area contributed by atoms with Crippen LogP contribution in [0.5, 0.6) is 0 Å². The van der Waals surface area contributed by atoms with Crippen LogP contribution in [0.15, 0.2) is 0 Å². The van der Waals surface area contributed by atoms with Gasteiger partial charge in [-0.15, -0.1) is 0 Å². The number of hydrogen-bond acceptors (Lipinski definition) is 2. The molecule has 13 heavy (non-hydrogen) atoms. The van der Waals surface area contributed by atoms with Crippen molar-refractivity contribution in [3.63, 3.8) is 0 Å². The van der Waals surface area contributed by atoms with Gasteiger partial charge in [0.1, 0.15) is 0 Å². The van der Waals surface area contributed by atoms with Crippen LogP contribution >= 0.6 is 0 Å². The molecule has 0 aromatic rings. The molecule has 0 unspecified atom stereocenters. The smallest absolute Gasteiger partial charge is 0.251 e. The number of alkyl halides is 2. The molecular formula is C9H16F2N2. The molecule has 0 atom stereocenters. The Labute approximate surface area is 77.1 Å². The van der Waals surface area contributed by atoms with Gasteiger partial charge in [0.2, 0.25) is 0 Å². The molecular weight excluding hydrogens is 174 g/mol. The molecule has 76 valence electrons. The lowest BCUT2D eigenvalue weighted by molar-refractivity contribution is -0.0111. The van der Waals surface area contributed by atoms with Gasteiger partial charge < -0.3 is 5.73 Å². The third-order valence-corrected chi connectivity index (χ3v) is 3.36. The number of nitrogens with zero attached hydrogens (tertiary/aromatic N) is 1. The highest BCUT2D eigenvalue weighted by Gasteiger charge is 2.42. The van der Waals surface area contributed by atoms with E-state index in [1.807, 2.05) is 4.90 Å². The fraction of sp³-hybridized carbons (Fsp3) is 1.00. The van der Waals surface area contributed by atoms with E-state index in [2.05, 4.69) is 0 Å². The van der Waals surface area contributed by atoms with Crippen molar-refractivity contribution >= 4 is 0 Å². The first-order valence-corrected chi connectivity index (χ1v) is 4.90.